The van der Waals surface area contributed by atoms with Crippen LogP contribution in [0.2, 0.25) is 65.9 Å². The van der Waals surface area contributed by atoms with E-state index in [-0.39, 0.29) is 49.2 Å². The summed E-state index contributed by atoms with van der Waals surface area (Å²) in [4.78, 5) is 33.6. The van der Waals surface area contributed by atoms with Crippen LogP contribution in [0.25, 0.3) is 58.5 Å². The molecule has 1 nitrogen and oxygen atoms in total. The standard InChI is InChI=1S/C20H28Br2S2Si.C20H30S2Si.C20H28S2Si.C8H2Br4S2.C8H4Br2S2.C8H6S2.4CH4.6CH3.BHNS.Br2.2Sn.Zn/c1-3-5-7-9-11-25(12-10-8-6-4-2)15-13-17(21)23-19(15)20-16(25)14-18(22)24-20;2*1-3-5-7-9-15-23(16-10-8-6-4-2)17-11-13-21-19(17)20-18(23)12-14-22-20;9-3-1-5(11)13-7(3)8-4(10)2-6(12)14-8;9-5-1-3-11-7(5)8-6(10)2-4-12-8;1-3-7(9-5-1)8-4-2-6-10-8;;;;;;;;;;;1-2-3;1-2;;;/h13-14H,3-12H2,1-2H3;11-14H,3-10,15-16H2,1-2H3;11-12H,3-10,15-16H2,1-2H3;1-2H;1-4H;1-6H;4*1H4;6*1H3;3H;;;;. The second-order valence-electron chi connectivity index (χ2n) is 33.0. The average molecular weight is 2890 g/mol. The van der Waals surface area contributed by atoms with Crippen LogP contribution in [-0.2, 0) is 19.5 Å². The van der Waals surface area contributed by atoms with Gasteiger partial charge in [0.2, 0.25) is 0 Å². The van der Waals surface area contributed by atoms with Gasteiger partial charge in [0.05, 0.1) is 34.7 Å². The Morgan fingerprint density at radius 2 is 0.544 bits per heavy atom. The summed E-state index contributed by atoms with van der Waals surface area (Å²) in [5.74, 6) is 0. The molecular weight excluding hydrogens is 2760 g/mol. The first-order chi connectivity index (χ1) is 57.7. The minimum absolute atomic E-state index is 0. The van der Waals surface area contributed by atoms with Gasteiger partial charge in [-0.1, -0.05) is 184 Å². The molecule has 0 unspecified atom stereocenters. The first-order valence-corrected chi connectivity index (χ1v) is 90.3. The van der Waals surface area contributed by atoms with Crippen LogP contribution >= 0.6 is 305 Å². The summed E-state index contributed by atoms with van der Waals surface area (Å²) in [7, 11) is -0.285. The summed E-state index contributed by atoms with van der Waals surface area (Å²) >= 11 is 56.2. The van der Waals surface area contributed by atoms with Gasteiger partial charge in [-0.25, -0.2) is 0 Å². The van der Waals surface area contributed by atoms with Crippen molar-refractivity contribution in [1.82, 2.24) is 0 Å². The molecule has 0 aromatic carbocycles. The van der Waals surface area contributed by atoms with Gasteiger partial charge in [-0.05, 0) is 253 Å². The molecule has 0 bridgehead atoms. The second kappa shape index (κ2) is 63.2. The molecule has 125 heavy (non-hydrogen) atoms. The van der Waals surface area contributed by atoms with E-state index in [9.17, 15) is 0 Å². The topological polar surface area (TPSA) is 12.4 Å². The van der Waals surface area contributed by atoms with Crippen LogP contribution in [0.4, 0.5) is 0 Å². The minimum atomic E-state index is -2.06. The molecule has 15 rings (SSSR count). The predicted molar refractivity (Wildman–Crippen MR) is 644 cm³/mol. The average Bonchev–Trinajstić information content (AvgIpc) is 1.56. The molecule has 0 N–H and O–H groups in total. The van der Waals surface area contributed by atoms with Gasteiger partial charge in [-0.15, -0.1) is 113 Å². The molecule has 0 atom stereocenters. The quantitative estimate of drug-likeness (QED) is 0.0231. The van der Waals surface area contributed by atoms with Crippen molar-refractivity contribution >= 4 is 410 Å². The Morgan fingerprint density at radius 1 is 0.296 bits per heavy atom. The first kappa shape index (κ1) is 123. The number of unbranched alkanes of at least 4 members (excludes halogenated alkanes) is 18. The molecule has 0 fully saturated rings. The van der Waals surface area contributed by atoms with Gasteiger partial charge < -0.3 is 0 Å². The monoisotopic (exact) mass is 2880 g/mol. The van der Waals surface area contributed by atoms with Crippen molar-refractivity contribution in [3.05, 3.63) is 150 Å². The molecule has 0 spiro atoms. The summed E-state index contributed by atoms with van der Waals surface area (Å²) < 4.78 is 15.9. The summed E-state index contributed by atoms with van der Waals surface area (Å²) in [5.41, 5.74) is 0. The minimum Gasteiger partial charge on any atom is -0.143 e. The summed E-state index contributed by atoms with van der Waals surface area (Å²) in [5, 5.41) is 24.0. The van der Waals surface area contributed by atoms with Crippen LogP contribution in [0.1, 0.15) is 225 Å². The molecular formula is C94H133BBr10NS13Si3Sn2Zn. The molecule has 12 aromatic heterocycles. The van der Waals surface area contributed by atoms with Crippen LogP contribution in [0.15, 0.2) is 155 Å². The van der Waals surface area contributed by atoms with Crippen molar-refractivity contribution in [3.63, 3.8) is 0 Å². The summed E-state index contributed by atoms with van der Waals surface area (Å²) in [6, 6.07) is 41.3. The van der Waals surface area contributed by atoms with Crippen LogP contribution in [0.3, 0.4) is 0 Å². The third kappa shape index (κ3) is 34.3. The zero-order chi connectivity index (χ0) is 87.2. The van der Waals surface area contributed by atoms with Crippen molar-refractivity contribution in [2.24, 2.45) is 4.30 Å². The van der Waals surface area contributed by atoms with Crippen molar-refractivity contribution < 1.29 is 19.5 Å². The number of thiophene rings is 12. The van der Waals surface area contributed by atoms with Crippen molar-refractivity contribution in [3.8, 4) is 58.5 Å². The Hall–Kier alpha value is 4.29. The van der Waals surface area contributed by atoms with Gasteiger partial charge in [-0.3, -0.25) is 0 Å². The maximum Gasteiger partial charge on any atom is 0.0442 e. The number of rotatable bonds is 35. The Kier molecular flexibility index (Phi) is 62.5. The van der Waals surface area contributed by atoms with Gasteiger partial charge in [0.25, 0.3) is 0 Å². The fourth-order valence-corrected chi connectivity index (χ4v) is 67.6. The van der Waals surface area contributed by atoms with E-state index >= 15 is 0 Å². The fourth-order valence-electron chi connectivity index (χ4n) is 16.4. The van der Waals surface area contributed by atoms with Crippen molar-refractivity contribution in [2.45, 2.75) is 291 Å². The number of thiol groups is 1. The van der Waals surface area contributed by atoms with Crippen molar-refractivity contribution in [1.29, 1.82) is 0 Å². The number of hydrogen-bond donors (Lipinski definition) is 1. The largest absolute Gasteiger partial charge is 0.143 e. The number of halogens is 10. The first-order valence-electron chi connectivity index (χ1n) is 42.4. The maximum absolute atomic E-state index is 4.34. The smallest absolute Gasteiger partial charge is 0.0442 e. The zero-order valence-corrected chi connectivity index (χ0v) is 110. The van der Waals surface area contributed by atoms with E-state index in [4.69, 9.17) is 0 Å². The van der Waals surface area contributed by atoms with Gasteiger partial charge in [0.15, 0.2) is 0 Å². The van der Waals surface area contributed by atoms with Crippen LogP contribution < -0.4 is 36.9 Å². The van der Waals surface area contributed by atoms with Crippen molar-refractivity contribution in [2.75, 3.05) is 0 Å². The molecule has 0 saturated heterocycles. The maximum atomic E-state index is 4.34. The molecule has 3 aliphatic rings. The fraction of sp³-hybridized carbons (Fsp3) is 0.489. The third-order valence-corrected chi connectivity index (χ3v) is 77.0. The van der Waals surface area contributed by atoms with E-state index in [0.29, 0.717) is 0 Å². The van der Waals surface area contributed by atoms with E-state index < -0.39 is 61.0 Å². The second-order valence-corrected chi connectivity index (χ2v) is 97.5. The van der Waals surface area contributed by atoms with E-state index in [0.717, 1.165) is 16.5 Å². The van der Waals surface area contributed by atoms with Gasteiger partial charge in [0, 0.05) is 94.9 Å². The SMILES string of the molecule is BrBr.Brc1cc(Br)c(-c2sc(Br)cc2Br)s1.Brc1ccsc1-c1sccc1Br.C.C.C.C.CCCCCC[Si]1(CCCCCC)c2c[c]([Sn]([CH3])([CH3])[CH3])sc2-c2s[c]([Sn]([CH3])([CH3])[CH3])cc21.CCCCCC[Si]1(CCCCCC)c2cc(Br)sc2-c2sc(Br)cc21.CCCCCC[Si]1(CCCCCC)c2ccsc2-c2sccc21.[B]=NS.[Zn].c1csc(-c2cccs2)c1. The molecule has 0 amide bonds. The summed E-state index contributed by atoms with van der Waals surface area (Å²) in [6.45, 7) is 14.0. The number of hydrogen-bond acceptors (Lipinski definition) is 14. The third-order valence-electron chi connectivity index (χ3n) is 22.4. The Morgan fingerprint density at radius 3 is 0.784 bits per heavy atom. The molecule has 15 heterocycles. The van der Waals surface area contributed by atoms with E-state index in [1.165, 1.54) is 236 Å². The number of nitrogens with zero attached hydrogens (tertiary/aromatic N) is 1. The molecule has 0 saturated carbocycles. The van der Waals surface area contributed by atoms with Gasteiger partial charge >= 0.3 is 237 Å². The predicted octanol–water partition coefficient (Wildman–Crippen LogP) is 41.6. The molecule has 687 valence electrons. The molecule has 3 aliphatic heterocycles. The van der Waals surface area contributed by atoms with Crippen LogP contribution in [0.5, 0.6) is 0 Å². The van der Waals surface area contributed by atoms with E-state index in [1.54, 1.807) is 118 Å². The molecule has 12 aromatic rings. The normalized spacial score (nSPS) is 12.7. The van der Waals surface area contributed by atoms with Gasteiger partial charge in [0.1, 0.15) is 16.1 Å². The number of fused-ring (bicyclic) bond motifs is 9. The van der Waals surface area contributed by atoms with Crippen LogP contribution in [0, 0.1) is 0 Å². The Balaban J connectivity index is 0.000000393. The van der Waals surface area contributed by atoms with E-state index in [1.807, 2.05) is 61.5 Å². The molecule has 1 radical (unpaired) electrons. The zero-order valence-electron chi connectivity index (χ0n) is 72.1. The Labute approximate surface area is 918 Å². The summed E-state index contributed by atoms with van der Waals surface area (Å²) in [6.07, 6.45) is 33.7. The Bertz CT molecular complexity index is 4660. The molecule has 0 aliphatic carbocycles. The van der Waals surface area contributed by atoms with Gasteiger partial charge in [-0.2, -0.15) is 0 Å². The van der Waals surface area contributed by atoms with E-state index in [2.05, 4.69) is 392 Å². The molecule has 31 heteroatoms. The van der Waals surface area contributed by atoms with Crippen LogP contribution in [-0.4, -0.2) is 68.6 Å².